The van der Waals surface area contributed by atoms with Crippen LogP contribution >= 0.6 is 0 Å². The van der Waals surface area contributed by atoms with Gasteiger partial charge in [-0.2, -0.15) is 0 Å². The number of rotatable bonds is 35. The van der Waals surface area contributed by atoms with Crippen LogP contribution in [0.4, 0.5) is 0 Å². The lowest BCUT2D eigenvalue weighted by Gasteiger charge is -2.51. The quantitative estimate of drug-likeness (QED) is 0.0280. The smallest absolute Gasteiger partial charge is 0.364 e. The molecule has 34 N–H and O–H groups in total. The Hall–Kier alpha value is -4.57. The molecule has 0 aromatic heterocycles. The monoisotopic (exact) mass is 1890 g/mol. The molecule has 10 rings (SSSR count). The zero-order valence-corrected chi connectivity index (χ0v) is 68.9. The van der Waals surface area contributed by atoms with E-state index in [4.69, 9.17) is 90.0 Å². The highest BCUT2D eigenvalue weighted by Gasteiger charge is 2.64. The lowest BCUT2D eigenvalue weighted by molar-refractivity contribution is -0.400. The molecular weight excluding hydrogens is 1770 g/mol. The molecule has 0 spiro atoms. The Balaban J connectivity index is 0.955. The van der Waals surface area contributed by atoms with Gasteiger partial charge >= 0.3 is 5.97 Å². The summed E-state index contributed by atoms with van der Waals surface area (Å²) in [5.41, 5.74) is 0. The SMILES string of the molecule is CC(=O)N[C@@H]1[C@@H](O)[C@H](O[C@H]2O[C@H](CO)[C@@H](O[C@@H]3O[C@H](CO[C@H]4O[C@H](CO)[C@@H](O)[C@H](O[C@H]5O[C@H](CO)[C@@H](O)[C@H](O)[C@@H]5O)[C@@H]4O)[C@@H](O)[C@H](O[C@H]4O[C@H](CO)[C@@H](O)[C@H](O)[C@@H]4O[C@@H]4O[C@H](CO)[C@@H](O[C@@H]5O[C@H](CO)[C@H](O)[C@H](O[C@]6(C(=O)O)C[C@H](O)[C@@H](NC(=O)CO)[C@H]([C@H](O)[C@H](O)CO)O6)[C@H]5O)[C@H](O)[C@H]4NC(C)=O)[C@@H]3O)[C@H](O)[C@H]2NC(C)=O)[C@@H](CO[C@@H]2O[C@H](C)[C@H](O)[C@H](O)[C@H]2O)O[C@@H]1O. The lowest BCUT2D eigenvalue weighted by Crippen LogP contribution is -2.71. The Morgan fingerprint density at radius 3 is 1.21 bits per heavy atom. The third kappa shape index (κ3) is 23.5. The van der Waals surface area contributed by atoms with Gasteiger partial charge in [-0.25, -0.2) is 4.79 Å². The molecule has 58 heteroatoms. The molecule has 0 saturated carbocycles. The van der Waals surface area contributed by atoms with E-state index in [0.29, 0.717) is 0 Å². The first kappa shape index (κ1) is 106. The van der Waals surface area contributed by atoms with Gasteiger partial charge in [0.1, 0.15) is 238 Å². The first-order valence-corrected chi connectivity index (χ1v) is 40.8. The maximum absolute atomic E-state index is 13.3. The molecule has 58 nitrogen and oxygen atoms in total. The van der Waals surface area contributed by atoms with Crippen molar-refractivity contribution in [3.63, 3.8) is 0 Å². The zero-order chi connectivity index (χ0) is 95.3. The highest BCUT2D eigenvalue weighted by atomic mass is 16.8. The molecule has 129 heavy (non-hydrogen) atoms. The van der Waals surface area contributed by atoms with Crippen LogP contribution in [0.1, 0.15) is 34.1 Å². The van der Waals surface area contributed by atoms with Gasteiger partial charge in [-0.3, -0.25) is 19.2 Å². The van der Waals surface area contributed by atoms with Crippen molar-refractivity contribution in [3.8, 4) is 0 Å². The van der Waals surface area contributed by atoms with Crippen molar-refractivity contribution in [1.82, 2.24) is 21.3 Å². The van der Waals surface area contributed by atoms with Crippen LogP contribution in [0.5, 0.6) is 0 Å². The van der Waals surface area contributed by atoms with Gasteiger partial charge in [0.2, 0.25) is 23.6 Å². The highest BCUT2D eigenvalue weighted by Crippen LogP contribution is 2.43. The number of nitrogens with one attached hydrogen (secondary N) is 4. The summed E-state index contributed by atoms with van der Waals surface area (Å²) < 4.78 is 112. The summed E-state index contributed by atoms with van der Waals surface area (Å²) in [6, 6.07) is -7.88. The first-order valence-electron chi connectivity index (χ1n) is 40.8. The van der Waals surface area contributed by atoms with Crippen molar-refractivity contribution in [2.75, 3.05) is 66.1 Å². The summed E-state index contributed by atoms with van der Waals surface area (Å²) in [6.07, 6.45) is -101. The first-order chi connectivity index (χ1) is 60.9. The number of carboxylic acids is 1. The number of carbonyl (C=O) groups excluding carboxylic acids is 4. The molecule has 10 aliphatic rings. The van der Waals surface area contributed by atoms with Crippen LogP contribution in [-0.4, -0.2) is 561 Å². The molecule has 0 aromatic rings. The van der Waals surface area contributed by atoms with Gasteiger partial charge in [0, 0.05) is 27.2 Å². The number of aliphatic carboxylic acids is 1. The average molecular weight is 1890 g/mol. The lowest BCUT2D eigenvalue weighted by atomic mass is 9.88. The van der Waals surface area contributed by atoms with Crippen LogP contribution in [-0.2, 0) is 114 Å². The third-order valence-electron chi connectivity index (χ3n) is 23.5. The van der Waals surface area contributed by atoms with Crippen LogP contribution in [0.15, 0.2) is 0 Å². The molecule has 0 aromatic carbocycles. The fourth-order valence-electron chi connectivity index (χ4n) is 16.5. The Labute approximate surface area is 728 Å². The van der Waals surface area contributed by atoms with Gasteiger partial charge in [0.25, 0.3) is 5.79 Å². The van der Waals surface area contributed by atoms with Gasteiger partial charge in [-0.1, -0.05) is 0 Å². The number of hydrogen-bond acceptors (Lipinski definition) is 53. The van der Waals surface area contributed by atoms with Crippen LogP contribution < -0.4 is 21.3 Å². The van der Waals surface area contributed by atoms with Crippen LogP contribution in [0, 0.1) is 0 Å². The molecule has 746 valence electrons. The maximum atomic E-state index is 13.3. The molecule has 0 bridgehead atoms. The number of ether oxygens (including phenoxy) is 19. The van der Waals surface area contributed by atoms with E-state index in [1.54, 1.807) is 0 Å². The number of aliphatic hydroxyl groups is 29. The van der Waals surface area contributed by atoms with Crippen LogP contribution in [0.3, 0.4) is 0 Å². The molecule has 10 heterocycles. The molecule has 10 aliphatic heterocycles. The number of hydrogen-bond donors (Lipinski definition) is 34. The second-order valence-electron chi connectivity index (χ2n) is 32.4. The average Bonchev–Trinajstić information content (AvgIpc) is 0.692. The second kappa shape index (κ2) is 46.1. The van der Waals surface area contributed by atoms with Crippen molar-refractivity contribution in [3.05, 3.63) is 0 Å². The minimum Gasteiger partial charge on any atom is -0.477 e. The van der Waals surface area contributed by atoms with Gasteiger partial charge in [0.15, 0.2) is 56.6 Å². The molecule has 51 atom stereocenters. The predicted molar refractivity (Wildman–Crippen MR) is 393 cm³/mol. The van der Waals surface area contributed by atoms with E-state index >= 15 is 0 Å². The summed E-state index contributed by atoms with van der Waals surface area (Å²) in [5, 5.41) is 343. The van der Waals surface area contributed by atoms with E-state index in [1.165, 1.54) is 6.92 Å². The normalized spacial score (nSPS) is 48.1. The molecule has 0 aliphatic carbocycles. The van der Waals surface area contributed by atoms with Crippen molar-refractivity contribution in [2.24, 2.45) is 0 Å². The summed E-state index contributed by atoms with van der Waals surface area (Å²) in [4.78, 5) is 64.6. The number of aliphatic hydroxyl groups excluding tert-OH is 29. The van der Waals surface area contributed by atoms with Gasteiger partial charge in [-0.05, 0) is 6.92 Å². The Bertz CT molecular complexity index is 3550. The van der Waals surface area contributed by atoms with Gasteiger partial charge in [0.05, 0.1) is 77.7 Å². The van der Waals surface area contributed by atoms with Crippen LogP contribution in [0.2, 0.25) is 0 Å². The number of amides is 4. The minimum atomic E-state index is -3.39. The highest BCUT2D eigenvalue weighted by molar-refractivity contribution is 5.78. The standard InChI is InChI=1S/C71H118N4O54/c1-16-35(90)45(100)48(103)64(113-16)112-15-29-55(42(97)32(61(108)114-29)72-17(2)84)122-62-33(73-18(3)85)43(98)53(26(11-81)119-62)123-67-51(106)58(41(96)28(121-67)14-111-65-50(105)57(39(94)24(9-79)115-65)125-66-49(104)46(101)37(92)22(7-77)116-66)126-69-60(47(102)38(93)23(8-78)118-69)127-63-34(74-19(4)86)44(99)54(27(12-82)120-63)124-68-52(107)59(40(95)25(10-80)117-68)129-71(70(109)110)5-20(87)31(75-30(89)13-83)56(128-71)36(91)21(88)6-76/h16,20-29,31-69,76-83,87-88,90-108H,5-15H2,1-4H3,(H,72,84)(H,73,85)(H,74,86)(H,75,89)(H,109,110)/t16-,20+,21-,22-,23-,24-,25-,26-,27-,28-,29-,31-,32-,33-,34-,35+,36-,37-,38-,39-,40+,41-,42-,43-,44-,45+,46+,47+,48-,49+,50+,51+,52-,53-,54-,55-,56-,57+,58+,59+,60+,61+,62-,63+,64-,65+,66-,67+,68+,69-,71+/m1/s1. The van der Waals surface area contributed by atoms with Crippen LogP contribution in [0.25, 0.3) is 0 Å². The summed E-state index contributed by atoms with van der Waals surface area (Å²) in [6.45, 7) is -7.82. The molecule has 4 amide bonds. The minimum absolute atomic E-state index is 0.847. The molecule has 0 unspecified atom stereocenters. The van der Waals surface area contributed by atoms with Gasteiger partial charge < -0.3 is 264 Å². The third-order valence-corrected chi connectivity index (χ3v) is 23.5. The van der Waals surface area contributed by atoms with E-state index in [1.807, 2.05) is 0 Å². The Morgan fingerprint density at radius 1 is 0.349 bits per heavy atom. The topological polar surface area (TPSA) is 916 Å². The van der Waals surface area contributed by atoms with E-state index in [9.17, 15) is 177 Å². The predicted octanol–water partition coefficient (Wildman–Crippen LogP) is -23.0. The fraction of sp³-hybridized carbons (Fsp3) is 0.930. The Morgan fingerprint density at radius 2 is 0.713 bits per heavy atom. The van der Waals surface area contributed by atoms with E-state index in [0.717, 1.165) is 20.8 Å². The summed E-state index contributed by atoms with van der Waals surface area (Å²) in [5.74, 6) is -9.79. The van der Waals surface area contributed by atoms with Crippen molar-refractivity contribution in [2.45, 2.75) is 347 Å². The van der Waals surface area contributed by atoms with E-state index in [-0.39, 0.29) is 0 Å². The number of carboxylic acid groups (broad SMARTS) is 1. The summed E-state index contributed by atoms with van der Waals surface area (Å²) in [7, 11) is 0. The van der Waals surface area contributed by atoms with E-state index < -0.39 is 414 Å². The number of carbonyl (C=O) groups is 5. The zero-order valence-electron chi connectivity index (χ0n) is 68.9. The largest absolute Gasteiger partial charge is 0.477 e. The molecule has 10 saturated heterocycles. The second-order valence-corrected chi connectivity index (χ2v) is 32.4. The van der Waals surface area contributed by atoms with Crippen molar-refractivity contribution >= 4 is 29.6 Å². The molecular formula is C71H118N4O54. The van der Waals surface area contributed by atoms with Crippen molar-refractivity contribution < 1.29 is 267 Å². The fourth-order valence-corrected chi connectivity index (χ4v) is 16.5. The van der Waals surface area contributed by atoms with Crippen molar-refractivity contribution in [1.29, 1.82) is 0 Å². The Kier molecular flexibility index (Phi) is 38.0. The molecule has 10 fully saturated rings. The van der Waals surface area contributed by atoms with E-state index in [2.05, 4.69) is 21.3 Å². The molecule has 0 radical (unpaired) electrons. The maximum Gasteiger partial charge on any atom is 0.364 e. The van der Waals surface area contributed by atoms with Gasteiger partial charge in [-0.15, -0.1) is 0 Å². The summed E-state index contributed by atoms with van der Waals surface area (Å²) >= 11 is 0.